The number of hydrogen-bond donors (Lipinski definition) is 1. The van der Waals surface area contributed by atoms with E-state index in [1.807, 2.05) is 42.5 Å². The van der Waals surface area contributed by atoms with E-state index in [1.54, 1.807) is 0 Å². The molecular weight excluding hydrogens is 629 g/mol. The molecule has 2 heterocycles. The first kappa shape index (κ1) is 36.7. The molecule has 0 aliphatic carbocycles. The molecule has 4 aromatic carbocycles. The average molecular weight is 687 g/mol. The van der Waals surface area contributed by atoms with Crippen molar-refractivity contribution in [2.75, 3.05) is 56.5 Å². The summed E-state index contributed by atoms with van der Waals surface area (Å²) in [7, 11) is 2.29. The summed E-state index contributed by atoms with van der Waals surface area (Å²) in [6.07, 6.45) is 14.1. The Labute approximate surface area is 306 Å². The van der Waals surface area contributed by atoms with Gasteiger partial charge in [0.25, 0.3) is 0 Å². The Bertz CT molecular complexity index is 1590. The van der Waals surface area contributed by atoms with E-state index in [9.17, 15) is 4.79 Å². The number of unbranched alkanes of at least 4 members (excludes halogenated alkanes) is 6. The predicted octanol–water partition coefficient (Wildman–Crippen LogP) is 10.4. The van der Waals surface area contributed by atoms with Crippen LogP contribution in [-0.2, 0) is 17.6 Å². The standard InChI is InChI=1S/C45H58N4O2/c1-47(32-18-34-49-43-25-14-10-21-38(43)27-28-39-22-11-15-26-44(39)49)31-16-5-3-2-4-6-17-33-48-35-29-40(30-36-48)51-45(50)46-42-24-13-12-23-41(42)37-19-8-7-9-20-37/h7-15,19-26,40H,2-6,16-18,27-36H2,1H3,(H,46,50). The van der Waals surface area contributed by atoms with Crippen molar-refractivity contribution in [1.82, 2.24) is 9.80 Å². The lowest BCUT2D eigenvalue weighted by Gasteiger charge is -2.31. The highest BCUT2D eigenvalue weighted by Gasteiger charge is 2.23. The second kappa shape index (κ2) is 19.5. The number of nitrogens with zero attached hydrogens (tertiary/aromatic N) is 3. The van der Waals surface area contributed by atoms with E-state index in [0.29, 0.717) is 0 Å². The van der Waals surface area contributed by atoms with Crippen LogP contribution in [-0.4, -0.2) is 68.3 Å². The number of anilines is 3. The largest absolute Gasteiger partial charge is 0.446 e. The number of carbonyl (C=O) groups excluding carboxylic acids is 1. The first-order valence-corrected chi connectivity index (χ1v) is 19.6. The molecule has 0 unspecified atom stereocenters. The maximum absolute atomic E-state index is 12.7. The summed E-state index contributed by atoms with van der Waals surface area (Å²) in [6, 6.07) is 36.0. The Balaban J connectivity index is 0.780. The molecule has 270 valence electrons. The Morgan fingerprint density at radius 1 is 0.667 bits per heavy atom. The van der Waals surface area contributed by atoms with Crippen molar-refractivity contribution in [1.29, 1.82) is 0 Å². The second-order valence-corrected chi connectivity index (χ2v) is 14.5. The van der Waals surface area contributed by atoms with Crippen molar-refractivity contribution >= 4 is 23.2 Å². The van der Waals surface area contributed by atoms with Crippen molar-refractivity contribution < 1.29 is 9.53 Å². The van der Waals surface area contributed by atoms with E-state index in [0.717, 1.165) is 75.2 Å². The molecule has 1 amide bonds. The number of ether oxygens (including phenoxy) is 1. The topological polar surface area (TPSA) is 48.1 Å². The number of rotatable bonds is 17. The van der Waals surface area contributed by atoms with Gasteiger partial charge in [-0.15, -0.1) is 0 Å². The van der Waals surface area contributed by atoms with E-state index in [4.69, 9.17) is 4.74 Å². The molecule has 51 heavy (non-hydrogen) atoms. The summed E-state index contributed by atoms with van der Waals surface area (Å²) in [5.41, 5.74) is 8.59. The molecule has 0 radical (unpaired) electrons. The maximum atomic E-state index is 12.7. The first-order valence-electron chi connectivity index (χ1n) is 19.6. The van der Waals surface area contributed by atoms with E-state index in [1.165, 1.54) is 80.4 Å². The van der Waals surface area contributed by atoms with Crippen LogP contribution in [0.5, 0.6) is 0 Å². The van der Waals surface area contributed by atoms with Gasteiger partial charge in [0.1, 0.15) is 6.10 Å². The zero-order chi connectivity index (χ0) is 35.1. The van der Waals surface area contributed by atoms with Gasteiger partial charge in [-0.3, -0.25) is 5.32 Å². The molecule has 2 aliphatic heterocycles. The molecular formula is C45H58N4O2. The first-order chi connectivity index (χ1) is 25.1. The Morgan fingerprint density at radius 3 is 1.94 bits per heavy atom. The summed E-state index contributed by atoms with van der Waals surface area (Å²) >= 11 is 0. The van der Waals surface area contributed by atoms with Gasteiger partial charge >= 0.3 is 6.09 Å². The molecule has 1 saturated heterocycles. The van der Waals surface area contributed by atoms with Crippen molar-refractivity contribution in [2.45, 2.75) is 83.2 Å². The van der Waals surface area contributed by atoms with E-state index < -0.39 is 0 Å². The fraction of sp³-hybridized carbons (Fsp3) is 0.444. The molecule has 1 fully saturated rings. The van der Waals surface area contributed by atoms with Gasteiger partial charge in [-0.1, -0.05) is 117 Å². The van der Waals surface area contributed by atoms with E-state index in [-0.39, 0.29) is 12.2 Å². The number of carbonyl (C=O) groups is 1. The highest BCUT2D eigenvalue weighted by molar-refractivity contribution is 5.91. The molecule has 6 nitrogen and oxygen atoms in total. The molecule has 0 spiro atoms. The number of para-hydroxylation sites is 3. The van der Waals surface area contributed by atoms with Crippen molar-refractivity contribution in [2.24, 2.45) is 0 Å². The monoisotopic (exact) mass is 686 g/mol. The van der Waals surface area contributed by atoms with Gasteiger partial charge in [0.15, 0.2) is 0 Å². The van der Waals surface area contributed by atoms with Crippen LogP contribution in [0.1, 0.15) is 75.3 Å². The summed E-state index contributed by atoms with van der Waals surface area (Å²) in [4.78, 5) is 20.4. The van der Waals surface area contributed by atoms with Crippen LogP contribution in [0.25, 0.3) is 11.1 Å². The van der Waals surface area contributed by atoms with Gasteiger partial charge < -0.3 is 19.4 Å². The van der Waals surface area contributed by atoms with Crippen LogP contribution in [0.4, 0.5) is 21.9 Å². The molecule has 6 heteroatoms. The van der Waals surface area contributed by atoms with Crippen LogP contribution in [0.2, 0.25) is 0 Å². The van der Waals surface area contributed by atoms with Crippen LogP contribution < -0.4 is 10.2 Å². The van der Waals surface area contributed by atoms with Crippen molar-refractivity contribution in [3.63, 3.8) is 0 Å². The number of likely N-dealkylation sites (tertiary alicyclic amines) is 1. The van der Waals surface area contributed by atoms with E-state index >= 15 is 0 Å². The molecule has 0 atom stereocenters. The minimum absolute atomic E-state index is 0.0153. The smallest absolute Gasteiger partial charge is 0.411 e. The molecule has 2 aliphatic rings. The molecule has 0 saturated carbocycles. The number of hydrogen-bond acceptors (Lipinski definition) is 5. The van der Waals surface area contributed by atoms with Crippen LogP contribution >= 0.6 is 0 Å². The molecule has 0 bridgehead atoms. The summed E-state index contributed by atoms with van der Waals surface area (Å²) in [5.74, 6) is 0. The average Bonchev–Trinajstić information content (AvgIpc) is 3.32. The van der Waals surface area contributed by atoms with Gasteiger partial charge in [-0.25, -0.2) is 4.79 Å². The van der Waals surface area contributed by atoms with Gasteiger partial charge in [0.05, 0.1) is 5.69 Å². The Hall–Kier alpha value is -4.13. The highest BCUT2D eigenvalue weighted by Crippen LogP contribution is 2.36. The number of piperidine rings is 1. The molecule has 1 N–H and O–H groups in total. The van der Waals surface area contributed by atoms with Gasteiger partial charge in [-0.2, -0.15) is 0 Å². The zero-order valence-corrected chi connectivity index (χ0v) is 30.8. The number of amides is 1. The third kappa shape index (κ3) is 10.9. The van der Waals surface area contributed by atoms with Crippen LogP contribution in [0.15, 0.2) is 103 Å². The predicted molar refractivity (Wildman–Crippen MR) is 213 cm³/mol. The fourth-order valence-electron chi connectivity index (χ4n) is 7.83. The van der Waals surface area contributed by atoms with Gasteiger partial charge in [-0.05, 0) is 107 Å². The quantitative estimate of drug-likeness (QED) is 0.112. The summed E-state index contributed by atoms with van der Waals surface area (Å²) in [5, 5.41) is 2.99. The fourth-order valence-corrected chi connectivity index (χ4v) is 7.83. The lowest BCUT2D eigenvalue weighted by molar-refractivity contribution is 0.0584. The van der Waals surface area contributed by atoms with Gasteiger partial charge in [0, 0.05) is 36.6 Å². The minimum atomic E-state index is -0.357. The lowest BCUT2D eigenvalue weighted by atomic mass is 10.0. The van der Waals surface area contributed by atoms with Crippen molar-refractivity contribution in [3.8, 4) is 11.1 Å². The third-order valence-electron chi connectivity index (χ3n) is 10.7. The van der Waals surface area contributed by atoms with Crippen LogP contribution in [0, 0.1) is 0 Å². The van der Waals surface area contributed by atoms with Crippen molar-refractivity contribution in [3.05, 3.63) is 114 Å². The summed E-state index contributed by atoms with van der Waals surface area (Å²) in [6.45, 7) is 6.56. The maximum Gasteiger partial charge on any atom is 0.411 e. The Kier molecular flexibility index (Phi) is 14.0. The number of aryl methyl sites for hydroxylation is 2. The SMILES string of the molecule is CN(CCCCCCCCCN1CCC(OC(=O)Nc2ccccc2-c2ccccc2)CC1)CCCN1c2ccccc2CCc2ccccc21. The lowest BCUT2D eigenvalue weighted by Crippen LogP contribution is -2.38. The molecule has 0 aromatic heterocycles. The van der Waals surface area contributed by atoms with Crippen LogP contribution in [0.3, 0.4) is 0 Å². The minimum Gasteiger partial charge on any atom is -0.446 e. The highest BCUT2D eigenvalue weighted by atomic mass is 16.6. The zero-order valence-electron chi connectivity index (χ0n) is 30.8. The third-order valence-corrected chi connectivity index (χ3v) is 10.7. The van der Waals surface area contributed by atoms with E-state index in [2.05, 4.69) is 87.7 Å². The number of fused-ring (bicyclic) bond motifs is 2. The number of benzene rings is 4. The molecule has 4 aromatic rings. The Morgan fingerprint density at radius 2 is 1.24 bits per heavy atom. The number of nitrogens with one attached hydrogen (secondary N) is 1. The second-order valence-electron chi connectivity index (χ2n) is 14.5. The van der Waals surface area contributed by atoms with Gasteiger partial charge in [0.2, 0.25) is 0 Å². The summed E-state index contributed by atoms with van der Waals surface area (Å²) < 4.78 is 5.83. The normalized spacial score (nSPS) is 14.9. The molecule has 6 rings (SSSR count).